The molecule has 21 heavy (non-hydrogen) atoms. The third kappa shape index (κ3) is 2.61. The number of hydrogen-bond donors (Lipinski definition) is 2. The molecule has 2 atom stereocenters. The lowest BCUT2D eigenvalue weighted by atomic mass is 10.0. The molecule has 0 spiro atoms. The lowest BCUT2D eigenvalue weighted by Gasteiger charge is -2.18. The second-order valence-electron chi connectivity index (χ2n) is 5.12. The van der Waals surface area contributed by atoms with Gasteiger partial charge < -0.3 is 11.5 Å². The molecule has 0 amide bonds. The Morgan fingerprint density at radius 3 is 2.57 bits per heavy atom. The van der Waals surface area contributed by atoms with Gasteiger partial charge in [0.15, 0.2) is 0 Å². The summed E-state index contributed by atoms with van der Waals surface area (Å²) < 4.78 is 0. The van der Waals surface area contributed by atoms with E-state index < -0.39 is 0 Å². The van der Waals surface area contributed by atoms with Gasteiger partial charge in [-0.05, 0) is 31.2 Å². The average molecular weight is 279 g/mol. The van der Waals surface area contributed by atoms with Crippen molar-refractivity contribution in [2.24, 2.45) is 11.5 Å². The van der Waals surface area contributed by atoms with E-state index in [2.05, 4.69) is 9.97 Å². The third-order valence-corrected chi connectivity index (χ3v) is 3.50. The van der Waals surface area contributed by atoms with E-state index in [1.54, 1.807) is 18.6 Å². The minimum atomic E-state index is -0.327. The van der Waals surface area contributed by atoms with Crippen molar-refractivity contribution in [1.29, 1.82) is 0 Å². The third-order valence-electron chi connectivity index (χ3n) is 3.50. The van der Waals surface area contributed by atoms with Gasteiger partial charge in [-0.1, -0.05) is 0 Å². The molecule has 0 aromatic carbocycles. The Kier molecular flexibility index (Phi) is 3.60. The summed E-state index contributed by atoms with van der Waals surface area (Å²) in [6, 6.07) is 7.27. The van der Waals surface area contributed by atoms with Crippen molar-refractivity contribution in [1.82, 2.24) is 15.0 Å². The van der Waals surface area contributed by atoms with E-state index in [1.807, 2.05) is 37.4 Å². The van der Waals surface area contributed by atoms with E-state index in [-0.39, 0.29) is 12.1 Å². The van der Waals surface area contributed by atoms with Crippen molar-refractivity contribution in [3.05, 3.63) is 54.7 Å². The van der Waals surface area contributed by atoms with Crippen LogP contribution in [-0.2, 0) is 0 Å². The second kappa shape index (κ2) is 5.55. The Hall–Kier alpha value is -2.37. The Balaban J connectivity index is 2.25. The number of aromatic nitrogens is 3. The zero-order chi connectivity index (χ0) is 14.8. The van der Waals surface area contributed by atoms with Gasteiger partial charge >= 0.3 is 0 Å². The molecule has 0 aliphatic rings. The van der Waals surface area contributed by atoms with E-state index in [0.29, 0.717) is 0 Å². The first-order valence-corrected chi connectivity index (χ1v) is 6.83. The Morgan fingerprint density at radius 2 is 1.86 bits per heavy atom. The van der Waals surface area contributed by atoms with Gasteiger partial charge in [-0.15, -0.1) is 0 Å². The van der Waals surface area contributed by atoms with Gasteiger partial charge in [-0.2, -0.15) is 0 Å². The van der Waals surface area contributed by atoms with Crippen LogP contribution in [-0.4, -0.2) is 21.0 Å². The van der Waals surface area contributed by atoms with E-state index in [1.165, 1.54) is 0 Å². The number of nitrogens with zero attached hydrogens (tertiary/aromatic N) is 3. The highest BCUT2D eigenvalue weighted by atomic mass is 14.8. The average Bonchev–Trinajstić information content (AvgIpc) is 2.54. The van der Waals surface area contributed by atoms with Gasteiger partial charge in [0.25, 0.3) is 0 Å². The molecule has 2 unspecified atom stereocenters. The summed E-state index contributed by atoms with van der Waals surface area (Å²) in [4.78, 5) is 13.0. The van der Waals surface area contributed by atoms with Crippen LogP contribution in [0.25, 0.3) is 22.0 Å². The largest absolute Gasteiger partial charge is 0.326 e. The molecule has 3 aromatic heterocycles. The van der Waals surface area contributed by atoms with Crippen LogP contribution in [0.5, 0.6) is 0 Å². The van der Waals surface area contributed by atoms with Crippen LogP contribution in [0.1, 0.15) is 18.7 Å². The summed E-state index contributed by atoms with van der Waals surface area (Å²) in [5, 5.41) is 1.99. The van der Waals surface area contributed by atoms with Gasteiger partial charge in [0.1, 0.15) is 0 Å². The van der Waals surface area contributed by atoms with Crippen LogP contribution in [0.4, 0.5) is 0 Å². The molecular weight excluding hydrogens is 262 g/mol. The summed E-state index contributed by atoms with van der Waals surface area (Å²) in [5.74, 6) is 0. The predicted octanol–water partition coefficient (Wildman–Crippen LogP) is 2.04. The lowest BCUT2D eigenvalue weighted by Crippen LogP contribution is -2.32. The molecule has 0 aliphatic heterocycles. The fraction of sp³-hybridized carbons (Fsp3) is 0.188. The van der Waals surface area contributed by atoms with E-state index in [0.717, 1.165) is 27.7 Å². The maximum absolute atomic E-state index is 6.23. The summed E-state index contributed by atoms with van der Waals surface area (Å²) in [7, 11) is 0. The SMILES string of the molecule is CC(N)C(N)c1nc(-c2cccnc2)cc2cnccc12. The van der Waals surface area contributed by atoms with Crippen molar-refractivity contribution in [3.63, 3.8) is 0 Å². The monoisotopic (exact) mass is 279 g/mol. The van der Waals surface area contributed by atoms with Crippen molar-refractivity contribution in [2.75, 3.05) is 0 Å². The summed E-state index contributed by atoms with van der Waals surface area (Å²) in [5.41, 5.74) is 14.8. The Bertz CT molecular complexity index is 755. The number of fused-ring (bicyclic) bond motifs is 1. The zero-order valence-corrected chi connectivity index (χ0v) is 11.8. The summed E-state index contributed by atoms with van der Waals surface area (Å²) >= 11 is 0. The molecular formula is C16H17N5. The fourth-order valence-corrected chi connectivity index (χ4v) is 2.29. The van der Waals surface area contributed by atoms with Crippen molar-refractivity contribution < 1.29 is 0 Å². The molecule has 4 N–H and O–H groups in total. The molecule has 0 saturated heterocycles. The Labute approximate surface area is 123 Å². The molecule has 106 valence electrons. The maximum atomic E-state index is 6.23. The van der Waals surface area contributed by atoms with Crippen molar-refractivity contribution >= 4 is 10.8 Å². The smallest absolute Gasteiger partial charge is 0.0728 e. The van der Waals surface area contributed by atoms with Crippen LogP contribution in [0.15, 0.2) is 49.1 Å². The highest BCUT2D eigenvalue weighted by molar-refractivity contribution is 5.87. The van der Waals surface area contributed by atoms with Crippen molar-refractivity contribution in [3.8, 4) is 11.3 Å². The molecule has 3 rings (SSSR count). The first-order chi connectivity index (χ1) is 10.2. The van der Waals surface area contributed by atoms with E-state index in [4.69, 9.17) is 16.5 Å². The van der Waals surface area contributed by atoms with Gasteiger partial charge in [0, 0.05) is 47.2 Å². The van der Waals surface area contributed by atoms with Gasteiger partial charge in [-0.3, -0.25) is 15.0 Å². The van der Waals surface area contributed by atoms with Crippen LogP contribution in [0.3, 0.4) is 0 Å². The first kappa shape index (κ1) is 13.6. The zero-order valence-electron chi connectivity index (χ0n) is 11.8. The van der Waals surface area contributed by atoms with Crippen LogP contribution < -0.4 is 11.5 Å². The van der Waals surface area contributed by atoms with Gasteiger partial charge in [0.2, 0.25) is 0 Å². The van der Waals surface area contributed by atoms with Crippen molar-refractivity contribution in [2.45, 2.75) is 19.0 Å². The number of nitrogens with two attached hydrogens (primary N) is 2. The topological polar surface area (TPSA) is 90.7 Å². The summed E-state index contributed by atoms with van der Waals surface area (Å²) in [6.07, 6.45) is 7.08. The minimum absolute atomic E-state index is 0.182. The van der Waals surface area contributed by atoms with Crippen LogP contribution >= 0.6 is 0 Å². The predicted molar refractivity (Wildman–Crippen MR) is 83.3 cm³/mol. The molecule has 5 heteroatoms. The molecule has 3 aromatic rings. The molecule has 3 heterocycles. The van der Waals surface area contributed by atoms with Crippen LogP contribution in [0.2, 0.25) is 0 Å². The number of pyridine rings is 3. The highest BCUT2D eigenvalue weighted by Crippen LogP contribution is 2.27. The quantitative estimate of drug-likeness (QED) is 0.765. The van der Waals surface area contributed by atoms with E-state index in [9.17, 15) is 0 Å². The first-order valence-electron chi connectivity index (χ1n) is 6.83. The normalized spacial score (nSPS) is 14.0. The Morgan fingerprint density at radius 1 is 1.05 bits per heavy atom. The molecule has 0 saturated carbocycles. The fourth-order valence-electron chi connectivity index (χ4n) is 2.29. The van der Waals surface area contributed by atoms with E-state index >= 15 is 0 Å². The second-order valence-corrected chi connectivity index (χ2v) is 5.12. The van der Waals surface area contributed by atoms with Gasteiger partial charge in [0.05, 0.1) is 17.4 Å². The molecule has 0 aliphatic carbocycles. The highest BCUT2D eigenvalue weighted by Gasteiger charge is 2.17. The number of hydrogen-bond acceptors (Lipinski definition) is 5. The molecule has 0 radical (unpaired) electrons. The lowest BCUT2D eigenvalue weighted by molar-refractivity contribution is 0.580. The maximum Gasteiger partial charge on any atom is 0.0728 e. The number of rotatable bonds is 3. The molecule has 5 nitrogen and oxygen atoms in total. The van der Waals surface area contributed by atoms with Gasteiger partial charge in [-0.25, -0.2) is 0 Å². The minimum Gasteiger partial charge on any atom is -0.326 e. The standard InChI is InChI=1S/C16H17N5/c1-10(17)15(18)16-13-4-6-20-9-12(13)7-14(21-16)11-3-2-5-19-8-11/h2-10,15H,17-18H2,1H3. The summed E-state index contributed by atoms with van der Waals surface area (Å²) in [6.45, 7) is 1.89. The molecule has 0 bridgehead atoms. The molecule has 0 fully saturated rings. The van der Waals surface area contributed by atoms with Crippen LogP contribution in [0, 0.1) is 0 Å².